The maximum Gasteiger partial charge on any atom is 0.167 e. The van der Waals surface area contributed by atoms with Gasteiger partial charge in [0, 0.05) is 6.04 Å². The van der Waals surface area contributed by atoms with Gasteiger partial charge in [-0.05, 0) is 31.0 Å². The molecule has 0 unspecified atom stereocenters. The minimum Gasteiger partial charge on any atom is -0.360 e. The smallest absolute Gasteiger partial charge is 0.167 e. The lowest BCUT2D eigenvalue weighted by Gasteiger charge is -2.34. The first-order valence-corrected chi connectivity index (χ1v) is 4.61. The molecule has 0 heterocycles. The van der Waals surface area contributed by atoms with Gasteiger partial charge in [0.25, 0.3) is 0 Å². The van der Waals surface area contributed by atoms with Gasteiger partial charge in [0.2, 0.25) is 0 Å². The zero-order chi connectivity index (χ0) is 8.97. The quantitative estimate of drug-likeness (QED) is 0.490. The predicted molar refractivity (Wildman–Crippen MR) is 54.8 cm³/mol. The second kappa shape index (κ2) is 4.32. The Bertz CT molecular complexity index is 201. The maximum absolute atomic E-state index is 5.08. The highest BCUT2D eigenvalue weighted by atomic mass is 32.1. The zero-order valence-electron chi connectivity index (χ0n) is 7.26. The lowest BCUT2D eigenvalue weighted by atomic mass is 9.82. The van der Waals surface area contributed by atoms with Crippen molar-refractivity contribution < 1.29 is 0 Å². The van der Waals surface area contributed by atoms with E-state index in [2.05, 4.69) is 23.5 Å². The third-order valence-corrected chi connectivity index (χ3v) is 2.32. The van der Waals surface area contributed by atoms with E-state index in [1.165, 1.54) is 12.8 Å². The number of hydrogen-bond acceptors (Lipinski definition) is 1. The van der Waals surface area contributed by atoms with Crippen molar-refractivity contribution in [2.45, 2.75) is 25.8 Å². The van der Waals surface area contributed by atoms with Crippen molar-refractivity contribution in [2.75, 3.05) is 6.54 Å². The summed E-state index contributed by atoms with van der Waals surface area (Å²) in [5.74, 6) is 3.32. The van der Waals surface area contributed by atoms with Gasteiger partial charge in [-0.25, -0.2) is 0 Å². The van der Waals surface area contributed by atoms with Crippen LogP contribution < -0.4 is 10.6 Å². The summed E-state index contributed by atoms with van der Waals surface area (Å²) in [6, 6.07) is 0.567. The summed E-state index contributed by atoms with van der Waals surface area (Å²) in [6.45, 7) is 2.75. The minimum absolute atomic E-state index is 0.508. The molecule has 66 valence electrons. The SMILES string of the molecule is C#CCNC(=S)NC1CC(C)C1. The molecule has 0 radical (unpaired) electrons. The Kier molecular flexibility index (Phi) is 3.36. The van der Waals surface area contributed by atoms with Crippen LogP contribution in [0.3, 0.4) is 0 Å². The van der Waals surface area contributed by atoms with Crippen LogP contribution in [0.5, 0.6) is 0 Å². The number of terminal acetylenes is 1. The highest BCUT2D eigenvalue weighted by molar-refractivity contribution is 7.80. The molecule has 3 heteroatoms. The number of nitrogens with one attached hydrogen (secondary N) is 2. The Morgan fingerprint density at radius 2 is 2.33 bits per heavy atom. The van der Waals surface area contributed by atoms with Crippen LogP contribution in [0.2, 0.25) is 0 Å². The van der Waals surface area contributed by atoms with Gasteiger partial charge in [-0.15, -0.1) is 6.42 Å². The highest BCUT2D eigenvalue weighted by Gasteiger charge is 2.25. The van der Waals surface area contributed by atoms with E-state index in [0.717, 1.165) is 5.92 Å². The molecule has 1 saturated carbocycles. The Morgan fingerprint density at radius 1 is 1.67 bits per heavy atom. The molecule has 1 rings (SSSR count). The molecule has 0 spiro atoms. The average molecular weight is 182 g/mol. The van der Waals surface area contributed by atoms with Crippen molar-refractivity contribution in [3.8, 4) is 12.3 Å². The molecule has 2 nitrogen and oxygen atoms in total. The summed E-state index contributed by atoms with van der Waals surface area (Å²) in [6.07, 6.45) is 7.52. The average Bonchev–Trinajstić information content (AvgIpc) is 1.98. The second-order valence-electron chi connectivity index (χ2n) is 3.30. The summed E-state index contributed by atoms with van der Waals surface area (Å²) in [5, 5.41) is 6.82. The summed E-state index contributed by atoms with van der Waals surface area (Å²) in [4.78, 5) is 0. The van der Waals surface area contributed by atoms with Gasteiger partial charge in [-0.3, -0.25) is 0 Å². The van der Waals surface area contributed by atoms with Crippen LogP contribution in [0.1, 0.15) is 19.8 Å². The number of hydrogen-bond donors (Lipinski definition) is 2. The molecule has 1 aliphatic rings. The fraction of sp³-hybridized carbons (Fsp3) is 0.667. The van der Waals surface area contributed by atoms with Crippen molar-refractivity contribution >= 4 is 17.3 Å². The van der Waals surface area contributed by atoms with E-state index in [1.54, 1.807) is 0 Å². The third kappa shape index (κ3) is 2.71. The van der Waals surface area contributed by atoms with Crippen molar-refractivity contribution in [3.05, 3.63) is 0 Å². The summed E-state index contributed by atoms with van der Waals surface area (Å²) in [5.41, 5.74) is 0. The van der Waals surface area contributed by atoms with Crippen molar-refractivity contribution in [3.63, 3.8) is 0 Å². The molecule has 2 N–H and O–H groups in total. The van der Waals surface area contributed by atoms with Crippen LogP contribution in [0.25, 0.3) is 0 Å². The van der Waals surface area contributed by atoms with Crippen LogP contribution in [0.15, 0.2) is 0 Å². The number of rotatable bonds is 2. The lowest BCUT2D eigenvalue weighted by molar-refractivity contribution is 0.267. The minimum atomic E-state index is 0.508. The van der Waals surface area contributed by atoms with Crippen molar-refractivity contribution in [1.82, 2.24) is 10.6 Å². The molecule has 0 aromatic carbocycles. The third-order valence-electron chi connectivity index (χ3n) is 2.06. The first kappa shape index (κ1) is 9.34. The molecule has 1 aliphatic carbocycles. The molecular formula is C9H14N2S. The molecule has 0 aliphatic heterocycles. The maximum atomic E-state index is 5.08. The summed E-state index contributed by atoms with van der Waals surface area (Å²) in [7, 11) is 0. The molecule has 0 bridgehead atoms. The molecule has 0 atom stereocenters. The lowest BCUT2D eigenvalue weighted by Crippen LogP contribution is -2.47. The largest absolute Gasteiger partial charge is 0.360 e. The fourth-order valence-electron chi connectivity index (χ4n) is 1.39. The fourth-order valence-corrected chi connectivity index (χ4v) is 1.63. The Balaban J connectivity index is 2.07. The van der Waals surface area contributed by atoms with E-state index >= 15 is 0 Å². The van der Waals surface area contributed by atoms with E-state index < -0.39 is 0 Å². The predicted octanol–water partition coefficient (Wildman–Crippen LogP) is 0.882. The van der Waals surface area contributed by atoms with Crippen LogP contribution >= 0.6 is 12.2 Å². The van der Waals surface area contributed by atoms with Crippen molar-refractivity contribution in [1.29, 1.82) is 0 Å². The first-order chi connectivity index (χ1) is 5.72. The van der Waals surface area contributed by atoms with Crippen molar-refractivity contribution in [2.24, 2.45) is 5.92 Å². The van der Waals surface area contributed by atoms with Gasteiger partial charge in [0.1, 0.15) is 0 Å². The van der Waals surface area contributed by atoms with E-state index in [1.807, 2.05) is 0 Å². The zero-order valence-corrected chi connectivity index (χ0v) is 8.08. The molecule has 12 heavy (non-hydrogen) atoms. The highest BCUT2D eigenvalue weighted by Crippen LogP contribution is 2.25. The topological polar surface area (TPSA) is 24.1 Å². The van der Waals surface area contributed by atoms with E-state index in [9.17, 15) is 0 Å². The van der Waals surface area contributed by atoms with Crippen LogP contribution in [0.4, 0.5) is 0 Å². The van der Waals surface area contributed by atoms with Gasteiger partial charge in [0.05, 0.1) is 6.54 Å². The molecule has 1 fully saturated rings. The molecule has 0 aromatic heterocycles. The molecular weight excluding hydrogens is 168 g/mol. The van der Waals surface area contributed by atoms with Gasteiger partial charge in [-0.1, -0.05) is 12.8 Å². The van der Waals surface area contributed by atoms with Gasteiger partial charge >= 0.3 is 0 Å². The van der Waals surface area contributed by atoms with Gasteiger partial charge in [0.15, 0.2) is 5.11 Å². The van der Waals surface area contributed by atoms with Crippen LogP contribution in [-0.2, 0) is 0 Å². The summed E-state index contributed by atoms with van der Waals surface area (Å²) >= 11 is 5.02. The van der Waals surface area contributed by atoms with E-state index in [0.29, 0.717) is 17.7 Å². The van der Waals surface area contributed by atoms with E-state index in [4.69, 9.17) is 18.6 Å². The molecule has 0 aromatic rings. The van der Waals surface area contributed by atoms with Crippen LogP contribution in [0, 0.1) is 18.3 Å². The first-order valence-electron chi connectivity index (χ1n) is 4.20. The van der Waals surface area contributed by atoms with E-state index in [-0.39, 0.29) is 0 Å². The Hall–Kier alpha value is -0.750. The Labute approximate surface area is 79.1 Å². The summed E-state index contributed by atoms with van der Waals surface area (Å²) < 4.78 is 0. The standard InChI is InChI=1S/C9H14N2S/c1-3-4-10-9(12)11-8-5-7(2)6-8/h1,7-8H,4-6H2,2H3,(H2,10,11,12). The second-order valence-corrected chi connectivity index (χ2v) is 3.71. The monoisotopic (exact) mass is 182 g/mol. The Morgan fingerprint density at radius 3 is 2.83 bits per heavy atom. The normalized spacial score (nSPS) is 26.7. The van der Waals surface area contributed by atoms with Gasteiger partial charge < -0.3 is 10.6 Å². The molecule has 0 saturated heterocycles. The number of thiocarbonyl (C=S) groups is 1. The van der Waals surface area contributed by atoms with Gasteiger partial charge in [-0.2, -0.15) is 0 Å². The van der Waals surface area contributed by atoms with Crippen LogP contribution in [-0.4, -0.2) is 17.7 Å². The molecule has 0 amide bonds.